The van der Waals surface area contributed by atoms with Gasteiger partial charge in [-0.15, -0.1) is 10.2 Å². The average molecular weight is 449 g/mol. The Morgan fingerprint density at radius 3 is 2.06 bits per heavy atom. The van der Waals surface area contributed by atoms with Gasteiger partial charge in [-0.3, -0.25) is 10.1 Å². The minimum atomic E-state index is -3.83. The van der Waals surface area contributed by atoms with Crippen LogP contribution in [0.2, 0.25) is 0 Å². The molecule has 2 fully saturated rings. The van der Waals surface area contributed by atoms with E-state index in [1.807, 2.05) is 17.0 Å². The summed E-state index contributed by atoms with van der Waals surface area (Å²) >= 11 is 0. The van der Waals surface area contributed by atoms with Crippen molar-refractivity contribution < 1.29 is 18.1 Å². The van der Waals surface area contributed by atoms with E-state index in [1.54, 1.807) is 6.92 Å². The predicted octanol–water partition coefficient (Wildman–Crippen LogP) is 1.04. The third-order valence-corrected chi connectivity index (χ3v) is 7.58. The number of ether oxygens (including phenoxy) is 1. The van der Waals surface area contributed by atoms with E-state index in [0.717, 1.165) is 25.0 Å². The van der Waals surface area contributed by atoms with Gasteiger partial charge in [0.1, 0.15) is 0 Å². The Kier molecular flexibility index (Phi) is 6.03. The second kappa shape index (κ2) is 8.73. The van der Waals surface area contributed by atoms with Crippen LogP contribution in [0, 0.1) is 17.0 Å². The van der Waals surface area contributed by atoms with Crippen LogP contribution in [0.1, 0.15) is 5.56 Å². The summed E-state index contributed by atoms with van der Waals surface area (Å²) in [4.78, 5) is 14.6. The highest BCUT2D eigenvalue weighted by Crippen LogP contribution is 2.26. The molecular weight excluding hydrogens is 424 g/mol. The molecule has 2 saturated heterocycles. The fourth-order valence-electron chi connectivity index (χ4n) is 3.72. The number of anilines is 2. The van der Waals surface area contributed by atoms with Crippen molar-refractivity contribution >= 4 is 27.3 Å². The number of aryl methyl sites for hydroxylation is 1. The van der Waals surface area contributed by atoms with Crippen molar-refractivity contribution in [1.29, 1.82) is 0 Å². The van der Waals surface area contributed by atoms with Gasteiger partial charge in [-0.2, -0.15) is 4.31 Å². The zero-order valence-electron chi connectivity index (χ0n) is 17.2. The third kappa shape index (κ3) is 4.45. The van der Waals surface area contributed by atoms with Crippen LogP contribution >= 0.6 is 0 Å². The van der Waals surface area contributed by atoms with Crippen LogP contribution in [-0.2, 0) is 14.8 Å². The maximum absolute atomic E-state index is 13.1. The van der Waals surface area contributed by atoms with E-state index >= 15 is 0 Å². The molecule has 0 bridgehead atoms. The Bertz CT molecular complexity index is 1050. The van der Waals surface area contributed by atoms with Crippen molar-refractivity contribution in [1.82, 2.24) is 14.5 Å². The first-order chi connectivity index (χ1) is 14.9. The number of rotatable bonds is 5. The number of aromatic nitrogens is 2. The topological polar surface area (TPSA) is 122 Å². The average Bonchev–Trinajstić information content (AvgIpc) is 2.80. The highest BCUT2D eigenvalue weighted by Gasteiger charge is 2.31. The van der Waals surface area contributed by atoms with Crippen molar-refractivity contribution in [2.24, 2.45) is 0 Å². The second-order valence-electron chi connectivity index (χ2n) is 7.45. The lowest BCUT2D eigenvalue weighted by atomic mass is 10.2. The van der Waals surface area contributed by atoms with Gasteiger partial charge in [0.25, 0.3) is 5.69 Å². The summed E-state index contributed by atoms with van der Waals surface area (Å²) in [6.45, 7) is 5.97. The fourth-order valence-corrected chi connectivity index (χ4v) is 5.39. The van der Waals surface area contributed by atoms with Crippen LogP contribution in [0.4, 0.5) is 17.3 Å². The number of nitrogens with zero attached hydrogens (tertiary/aromatic N) is 6. The Morgan fingerprint density at radius 1 is 0.935 bits per heavy atom. The molecule has 11 nitrogen and oxygen atoms in total. The van der Waals surface area contributed by atoms with Gasteiger partial charge in [-0.25, -0.2) is 8.42 Å². The maximum Gasteiger partial charge on any atom is 0.270 e. The Labute approximate surface area is 180 Å². The molecule has 0 radical (unpaired) electrons. The first-order valence-electron chi connectivity index (χ1n) is 10.0. The van der Waals surface area contributed by atoms with E-state index in [1.165, 1.54) is 16.4 Å². The first-order valence-corrected chi connectivity index (χ1v) is 11.5. The molecule has 1 aromatic carbocycles. The quantitative estimate of drug-likeness (QED) is 0.488. The molecule has 0 unspecified atom stereocenters. The zero-order chi connectivity index (χ0) is 22.0. The van der Waals surface area contributed by atoms with Crippen molar-refractivity contribution in [3.05, 3.63) is 46.0 Å². The Balaban J connectivity index is 1.43. The number of morpholine rings is 1. The van der Waals surface area contributed by atoms with Crippen molar-refractivity contribution in [2.75, 3.05) is 62.3 Å². The van der Waals surface area contributed by atoms with Gasteiger partial charge in [0.2, 0.25) is 10.0 Å². The van der Waals surface area contributed by atoms with Crippen molar-refractivity contribution in [3.63, 3.8) is 0 Å². The molecule has 12 heteroatoms. The number of sulfonamides is 1. The number of nitro groups is 1. The molecule has 31 heavy (non-hydrogen) atoms. The lowest BCUT2D eigenvalue weighted by Crippen LogP contribution is -2.49. The van der Waals surface area contributed by atoms with Crippen LogP contribution < -0.4 is 9.80 Å². The molecular formula is C19H24N6O5S. The summed E-state index contributed by atoms with van der Waals surface area (Å²) in [5.74, 6) is 1.50. The maximum atomic E-state index is 13.1. The standard InChI is InChI=1S/C19H24N6O5S/c1-15-2-3-16(25(26)27)14-17(15)31(28,29)24-8-6-22(7-9-24)18-4-5-19(21-20-18)23-10-12-30-13-11-23/h2-5,14H,6-13H2,1H3. The molecule has 0 N–H and O–H groups in total. The second-order valence-corrected chi connectivity index (χ2v) is 9.35. The number of piperazine rings is 1. The van der Waals surface area contributed by atoms with Gasteiger partial charge < -0.3 is 14.5 Å². The molecule has 0 amide bonds. The number of non-ortho nitro benzene ring substituents is 1. The highest BCUT2D eigenvalue weighted by molar-refractivity contribution is 7.89. The number of hydrogen-bond donors (Lipinski definition) is 0. The number of benzene rings is 1. The third-order valence-electron chi connectivity index (χ3n) is 5.53. The van der Waals surface area contributed by atoms with Crippen molar-refractivity contribution in [3.8, 4) is 0 Å². The van der Waals surface area contributed by atoms with E-state index in [4.69, 9.17) is 4.74 Å². The SMILES string of the molecule is Cc1ccc([N+](=O)[O-])cc1S(=O)(=O)N1CCN(c2ccc(N3CCOCC3)nn2)CC1. The number of nitro benzene ring substituents is 1. The fraction of sp³-hybridized carbons (Fsp3) is 0.474. The minimum absolute atomic E-state index is 0.0233. The Morgan fingerprint density at radius 2 is 1.52 bits per heavy atom. The molecule has 0 atom stereocenters. The molecule has 0 aliphatic carbocycles. The van der Waals surface area contributed by atoms with Gasteiger partial charge in [-0.1, -0.05) is 6.07 Å². The summed E-state index contributed by atoms with van der Waals surface area (Å²) in [7, 11) is -3.83. The van der Waals surface area contributed by atoms with Gasteiger partial charge in [0.05, 0.1) is 23.0 Å². The van der Waals surface area contributed by atoms with E-state index in [9.17, 15) is 18.5 Å². The summed E-state index contributed by atoms with van der Waals surface area (Å²) < 4.78 is 32.9. The summed E-state index contributed by atoms with van der Waals surface area (Å²) in [6.07, 6.45) is 0. The molecule has 0 spiro atoms. The highest BCUT2D eigenvalue weighted by atomic mass is 32.2. The molecule has 0 saturated carbocycles. The molecule has 4 rings (SSSR count). The molecule has 3 heterocycles. The van der Waals surface area contributed by atoms with Crippen LogP contribution in [0.25, 0.3) is 0 Å². The summed E-state index contributed by atoms with van der Waals surface area (Å²) in [5.41, 5.74) is 0.246. The first kappa shape index (κ1) is 21.4. The molecule has 166 valence electrons. The van der Waals surface area contributed by atoms with E-state index in [2.05, 4.69) is 15.1 Å². The molecule has 2 aromatic rings. The van der Waals surface area contributed by atoms with E-state index < -0.39 is 14.9 Å². The predicted molar refractivity (Wildman–Crippen MR) is 114 cm³/mol. The van der Waals surface area contributed by atoms with Crippen LogP contribution in [0.3, 0.4) is 0 Å². The largest absolute Gasteiger partial charge is 0.378 e. The van der Waals surface area contributed by atoms with Gasteiger partial charge in [-0.05, 0) is 24.6 Å². The number of hydrogen-bond acceptors (Lipinski definition) is 9. The monoisotopic (exact) mass is 448 g/mol. The lowest BCUT2D eigenvalue weighted by Gasteiger charge is -2.34. The van der Waals surface area contributed by atoms with E-state index in [-0.39, 0.29) is 23.7 Å². The zero-order valence-corrected chi connectivity index (χ0v) is 18.0. The smallest absolute Gasteiger partial charge is 0.270 e. The molecule has 1 aromatic heterocycles. The molecule has 2 aliphatic heterocycles. The van der Waals surface area contributed by atoms with Crippen molar-refractivity contribution in [2.45, 2.75) is 11.8 Å². The molecule has 2 aliphatic rings. The van der Waals surface area contributed by atoms with Gasteiger partial charge in [0, 0.05) is 51.4 Å². The van der Waals surface area contributed by atoms with Crippen LogP contribution in [0.15, 0.2) is 35.2 Å². The van der Waals surface area contributed by atoms with Crippen LogP contribution in [0.5, 0.6) is 0 Å². The van der Waals surface area contributed by atoms with Crippen LogP contribution in [-0.4, -0.2) is 80.3 Å². The van der Waals surface area contributed by atoms with Gasteiger partial charge in [0.15, 0.2) is 11.6 Å². The Hall–Kier alpha value is -2.83. The normalized spacial score (nSPS) is 18.2. The summed E-state index contributed by atoms with van der Waals surface area (Å²) in [6, 6.07) is 7.72. The lowest BCUT2D eigenvalue weighted by molar-refractivity contribution is -0.385. The van der Waals surface area contributed by atoms with Gasteiger partial charge >= 0.3 is 0 Å². The summed E-state index contributed by atoms with van der Waals surface area (Å²) in [5, 5.41) is 19.7. The van der Waals surface area contributed by atoms with E-state index in [0.29, 0.717) is 37.7 Å². The minimum Gasteiger partial charge on any atom is -0.378 e.